The summed E-state index contributed by atoms with van der Waals surface area (Å²) in [5, 5.41) is 2.34. The minimum Gasteiger partial charge on any atom is -0.465 e. The number of ether oxygens (including phenoxy) is 1. The van der Waals surface area contributed by atoms with Crippen LogP contribution >= 0.6 is 34.3 Å². The standard InChI is InChI=1S/C16H12ClNO4S3/c1-22-16(19)15-12(9-14(24-15)13-3-2-8-23-13)18-25(20,21)11-6-4-10(17)5-7-11/h2-9,18H,1H3. The highest BCUT2D eigenvalue weighted by molar-refractivity contribution is 7.92. The highest BCUT2D eigenvalue weighted by Crippen LogP contribution is 2.38. The fourth-order valence-electron chi connectivity index (χ4n) is 2.07. The minimum absolute atomic E-state index is 0.0524. The normalized spacial score (nSPS) is 11.3. The molecule has 2 heterocycles. The van der Waals surface area contributed by atoms with Crippen molar-refractivity contribution in [2.75, 3.05) is 11.8 Å². The summed E-state index contributed by atoms with van der Waals surface area (Å²) in [6.07, 6.45) is 0. The van der Waals surface area contributed by atoms with Crippen molar-refractivity contribution < 1.29 is 17.9 Å². The molecule has 1 N–H and O–H groups in total. The Balaban J connectivity index is 2.01. The molecule has 0 saturated carbocycles. The van der Waals surface area contributed by atoms with Crippen molar-refractivity contribution in [3.63, 3.8) is 0 Å². The van der Waals surface area contributed by atoms with Gasteiger partial charge in [0.1, 0.15) is 4.88 Å². The predicted molar refractivity (Wildman–Crippen MR) is 101 cm³/mol. The number of carbonyl (C=O) groups is 1. The van der Waals surface area contributed by atoms with E-state index in [0.29, 0.717) is 5.02 Å². The number of rotatable bonds is 5. The van der Waals surface area contributed by atoms with Gasteiger partial charge in [0.05, 0.1) is 17.7 Å². The number of halogens is 1. The Bertz CT molecular complexity index is 993. The molecule has 2 aromatic heterocycles. The number of methoxy groups -OCH3 is 1. The van der Waals surface area contributed by atoms with E-state index in [1.165, 1.54) is 54.0 Å². The fourth-order valence-corrected chi connectivity index (χ4v) is 5.18. The lowest BCUT2D eigenvalue weighted by Crippen LogP contribution is -2.14. The van der Waals surface area contributed by atoms with Crippen molar-refractivity contribution in [2.24, 2.45) is 0 Å². The molecule has 0 saturated heterocycles. The van der Waals surface area contributed by atoms with Crippen LogP contribution in [0.3, 0.4) is 0 Å². The van der Waals surface area contributed by atoms with Crippen molar-refractivity contribution in [1.29, 1.82) is 0 Å². The van der Waals surface area contributed by atoms with Gasteiger partial charge < -0.3 is 4.74 Å². The number of carbonyl (C=O) groups excluding carboxylic acids is 1. The first-order chi connectivity index (χ1) is 11.9. The van der Waals surface area contributed by atoms with Gasteiger partial charge in [0, 0.05) is 14.8 Å². The van der Waals surface area contributed by atoms with Crippen molar-refractivity contribution in [3.05, 3.63) is 57.7 Å². The second-order valence-corrected chi connectivity index (χ2v) is 9.00. The molecule has 0 radical (unpaired) electrons. The van der Waals surface area contributed by atoms with Gasteiger partial charge in [0.25, 0.3) is 10.0 Å². The lowest BCUT2D eigenvalue weighted by molar-refractivity contribution is 0.0607. The lowest BCUT2D eigenvalue weighted by atomic mass is 10.3. The Hall–Kier alpha value is -1.87. The summed E-state index contributed by atoms with van der Waals surface area (Å²) in [6, 6.07) is 11.2. The Labute approximate surface area is 157 Å². The second kappa shape index (κ2) is 7.17. The topological polar surface area (TPSA) is 72.5 Å². The van der Waals surface area contributed by atoms with Gasteiger partial charge in [-0.3, -0.25) is 4.72 Å². The Kier molecular flexibility index (Phi) is 5.14. The predicted octanol–water partition coefficient (Wildman–Crippen LogP) is 4.72. The molecule has 0 atom stereocenters. The molecule has 0 amide bonds. The van der Waals surface area contributed by atoms with Crippen LogP contribution in [0, 0.1) is 0 Å². The molecule has 0 spiro atoms. The molecule has 0 aliphatic rings. The smallest absolute Gasteiger partial charge is 0.350 e. The molecule has 9 heteroatoms. The molecule has 0 fully saturated rings. The highest BCUT2D eigenvalue weighted by Gasteiger charge is 2.23. The van der Waals surface area contributed by atoms with E-state index >= 15 is 0 Å². The van der Waals surface area contributed by atoms with E-state index < -0.39 is 16.0 Å². The molecular weight excluding hydrogens is 402 g/mol. The SMILES string of the molecule is COC(=O)c1sc(-c2cccs2)cc1NS(=O)(=O)c1ccc(Cl)cc1. The maximum absolute atomic E-state index is 12.6. The molecular formula is C16H12ClNO4S3. The van der Waals surface area contributed by atoms with Gasteiger partial charge in [0.15, 0.2) is 0 Å². The van der Waals surface area contributed by atoms with Crippen molar-refractivity contribution in [3.8, 4) is 9.75 Å². The first-order valence-electron chi connectivity index (χ1n) is 6.95. The Morgan fingerprint density at radius 1 is 1.16 bits per heavy atom. The van der Waals surface area contributed by atoms with E-state index in [2.05, 4.69) is 4.72 Å². The van der Waals surface area contributed by atoms with Crippen LogP contribution < -0.4 is 4.72 Å². The van der Waals surface area contributed by atoms with Gasteiger partial charge >= 0.3 is 5.97 Å². The van der Waals surface area contributed by atoms with Crippen LogP contribution in [0.5, 0.6) is 0 Å². The van der Waals surface area contributed by atoms with E-state index in [0.717, 1.165) is 9.75 Å². The summed E-state index contributed by atoms with van der Waals surface area (Å²) in [4.78, 5) is 14.0. The van der Waals surface area contributed by atoms with Gasteiger partial charge in [-0.1, -0.05) is 17.7 Å². The van der Waals surface area contributed by atoms with Gasteiger partial charge in [-0.25, -0.2) is 13.2 Å². The number of hydrogen-bond acceptors (Lipinski definition) is 6. The molecule has 130 valence electrons. The summed E-state index contributed by atoms with van der Waals surface area (Å²) in [6.45, 7) is 0. The van der Waals surface area contributed by atoms with Crippen LogP contribution in [0.15, 0.2) is 52.7 Å². The van der Waals surface area contributed by atoms with Crippen LogP contribution in [-0.4, -0.2) is 21.5 Å². The zero-order valence-corrected chi connectivity index (χ0v) is 16.1. The second-order valence-electron chi connectivity index (χ2n) is 4.88. The zero-order valence-electron chi connectivity index (χ0n) is 12.9. The number of esters is 1. The molecule has 25 heavy (non-hydrogen) atoms. The first-order valence-corrected chi connectivity index (χ1v) is 10.5. The number of sulfonamides is 1. The van der Waals surface area contributed by atoms with E-state index in [-0.39, 0.29) is 15.5 Å². The van der Waals surface area contributed by atoms with Crippen LogP contribution in [0.4, 0.5) is 5.69 Å². The molecule has 0 aliphatic heterocycles. The van der Waals surface area contributed by atoms with Gasteiger partial charge in [-0.2, -0.15) is 0 Å². The van der Waals surface area contributed by atoms with E-state index in [4.69, 9.17) is 16.3 Å². The van der Waals surface area contributed by atoms with E-state index in [9.17, 15) is 13.2 Å². The molecule has 5 nitrogen and oxygen atoms in total. The van der Waals surface area contributed by atoms with Crippen LogP contribution in [0.25, 0.3) is 9.75 Å². The van der Waals surface area contributed by atoms with E-state index in [1.807, 2.05) is 17.5 Å². The quantitative estimate of drug-likeness (QED) is 0.614. The molecule has 1 aromatic carbocycles. The zero-order chi connectivity index (χ0) is 18.0. The summed E-state index contributed by atoms with van der Waals surface area (Å²) >= 11 is 8.47. The average molecular weight is 414 g/mol. The number of nitrogens with one attached hydrogen (secondary N) is 1. The molecule has 3 aromatic rings. The van der Waals surface area contributed by atoms with Crippen molar-refractivity contribution in [1.82, 2.24) is 0 Å². The third-order valence-electron chi connectivity index (χ3n) is 3.24. The van der Waals surface area contributed by atoms with Gasteiger partial charge in [-0.15, -0.1) is 22.7 Å². The monoisotopic (exact) mass is 413 g/mol. The minimum atomic E-state index is -3.86. The number of thiophene rings is 2. The van der Waals surface area contributed by atoms with Gasteiger partial charge in [0.2, 0.25) is 0 Å². The summed E-state index contributed by atoms with van der Waals surface area (Å²) < 4.78 is 32.4. The molecule has 0 bridgehead atoms. The average Bonchev–Trinajstić information content (AvgIpc) is 3.23. The van der Waals surface area contributed by atoms with E-state index in [1.54, 1.807) is 6.07 Å². The van der Waals surface area contributed by atoms with Crippen molar-refractivity contribution in [2.45, 2.75) is 4.90 Å². The Morgan fingerprint density at radius 3 is 2.48 bits per heavy atom. The van der Waals surface area contributed by atoms with Crippen molar-refractivity contribution >= 4 is 56.0 Å². The Morgan fingerprint density at radius 2 is 1.88 bits per heavy atom. The number of anilines is 1. The fraction of sp³-hybridized carbons (Fsp3) is 0.0625. The summed E-state index contributed by atoms with van der Waals surface area (Å²) in [5.74, 6) is -0.596. The van der Waals surface area contributed by atoms with Crippen LogP contribution in [-0.2, 0) is 14.8 Å². The maximum atomic E-state index is 12.6. The van der Waals surface area contributed by atoms with Crippen LogP contribution in [0.2, 0.25) is 5.02 Å². The number of hydrogen-bond donors (Lipinski definition) is 1. The largest absolute Gasteiger partial charge is 0.465 e. The number of benzene rings is 1. The maximum Gasteiger partial charge on any atom is 0.350 e. The molecule has 0 aliphatic carbocycles. The van der Waals surface area contributed by atoms with Crippen LogP contribution in [0.1, 0.15) is 9.67 Å². The molecule has 0 unspecified atom stereocenters. The first kappa shape index (κ1) is 17.9. The van der Waals surface area contributed by atoms with Gasteiger partial charge in [-0.05, 0) is 41.8 Å². The summed E-state index contributed by atoms with van der Waals surface area (Å²) in [5.41, 5.74) is 0.190. The molecule has 3 rings (SSSR count). The third kappa shape index (κ3) is 3.87. The highest BCUT2D eigenvalue weighted by atomic mass is 35.5. The third-order valence-corrected chi connectivity index (χ3v) is 7.05. The summed E-state index contributed by atoms with van der Waals surface area (Å²) in [7, 11) is -2.60. The lowest BCUT2D eigenvalue weighted by Gasteiger charge is -2.08.